The largest absolute Gasteiger partial charge is 0.508 e. The monoisotopic (exact) mass is 376 g/mol. The van der Waals surface area contributed by atoms with Gasteiger partial charge in [0.1, 0.15) is 23.0 Å². The van der Waals surface area contributed by atoms with Crippen molar-refractivity contribution in [2.45, 2.75) is 25.2 Å². The lowest BCUT2D eigenvalue weighted by atomic mass is 9.82. The molecular formula is C23H20O5. The van der Waals surface area contributed by atoms with E-state index in [4.69, 9.17) is 4.74 Å². The van der Waals surface area contributed by atoms with Crippen LogP contribution in [0.1, 0.15) is 34.6 Å². The minimum Gasteiger partial charge on any atom is -0.508 e. The zero-order chi connectivity index (χ0) is 19.7. The number of hydrogen-bond donors (Lipinski definition) is 3. The molecule has 5 heteroatoms. The third kappa shape index (κ3) is 3.64. The van der Waals surface area contributed by atoms with Crippen LogP contribution in [0.2, 0.25) is 0 Å². The molecule has 0 aliphatic carbocycles. The molecule has 0 bridgehead atoms. The summed E-state index contributed by atoms with van der Waals surface area (Å²) in [6, 6.07) is 17.0. The molecule has 0 saturated heterocycles. The first-order chi connectivity index (χ1) is 13.5. The molecule has 1 aliphatic heterocycles. The van der Waals surface area contributed by atoms with Crippen molar-refractivity contribution in [2.75, 3.05) is 0 Å². The van der Waals surface area contributed by atoms with E-state index < -0.39 is 0 Å². The Kier molecular flexibility index (Phi) is 4.65. The molecule has 0 spiro atoms. The van der Waals surface area contributed by atoms with Crippen LogP contribution in [0.3, 0.4) is 0 Å². The Labute approximate surface area is 162 Å². The van der Waals surface area contributed by atoms with Gasteiger partial charge in [0.15, 0.2) is 0 Å². The fraction of sp³-hybridized carbons (Fsp3) is 0.174. The zero-order valence-corrected chi connectivity index (χ0v) is 15.1. The van der Waals surface area contributed by atoms with Crippen molar-refractivity contribution >= 4 is 5.97 Å². The van der Waals surface area contributed by atoms with Crippen molar-refractivity contribution in [1.82, 2.24) is 0 Å². The summed E-state index contributed by atoms with van der Waals surface area (Å²) in [5, 5.41) is 29.1. The summed E-state index contributed by atoms with van der Waals surface area (Å²) in [5.41, 5.74) is 3.77. The Morgan fingerprint density at radius 1 is 0.821 bits per heavy atom. The molecule has 3 aromatic carbocycles. The number of carbonyl (C=O) groups excluding carboxylic acids is 1. The molecule has 5 nitrogen and oxygen atoms in total. The first kappa shape index (κ1) is 17.9. The minimum absolute atomic E-state index is 0.0543. The molecule has 0 amide bonds. The Morgan fingerprint density at radius 3 is 2.14 bits per heavy atom. The number of phenols is 3. The number of esters is 1. The average Bonchev–Trinajstić information content (AvgIpc) is 2.67. The van der Waals surface area contributed by atoms with Crippen molar-refractivity contribution in [3.8, 4) is 23.0 Å². The number of ether oxygens (including phenoxy) is 1. The maximum Gasteiger partial charge on any atom is 0.312 e. The van der Waals surface area contributed by atoms with Crippen LogP contribution in [0, 0.1) is 0 Å². The lowest BCUT2D eigenvalue weighted by Crippen LogP contribution is -2.22. The van der Waals surface area contributed by atoms with Crippen LogP contribution in [0.25, 0.3) is 0 Å². The number of carbonyl (C=O) groups is 1. The van der Waals surface area contributed by atoms with Crippen LogP contribution in [0.15, 0.2) is 60.7 Å². The van der Waals surface area contributed by atoms with Crippen LogP contribution in [-0.4, -0.2) is 21.3 Å². The van der Waals surface area contributed by atoms with Crippen molar-refractivity contribution in [2.24, 2.45) is 0 Å². The molecule has 3 aromatic rings. The van der Waals surface area contributed by atoms with Gasteiger partial charge in [-0.3, -0.25) is 4.79 Å². The number of aryl methyl sites for hydroxylation is 2. The first-order valence-corrected chi connectivity index (χ1v) is 9.13. The number of hydrogen-bond acceptors (Lipinski definition) is 5. The molecule has 142 valence electrons. The molecule has 4 rings (SSSR count). The number of benzene rings is 3. The molecule has 1 aliphatic rings. The van der Waals surface area contributed by atoms with E-state index in [1.54, 1.807) is 42.5 Å². The molecule has 0 aromatic heterocycles. The van der Waals surface area contributed by atoms with Crippen molar-refractivity contribution in [3.63, 3.8) is 0 Å². The van der Waals surface area contributed by atoms with Crippen LogP contribution in [-0.2, 0) is 17.6 Å². The molecular weight excluding hydrogens is 356 g/mol. The lowest BCUT2D eigenvalue weighted by molar-refractivity contribution is -0.135. The smallest absolute Gasteiger partial charge is 0.312 e. The highest BCUT2D eigenvalue weighted by Gasteiger charge is 2.31. The summed E-state index contributed by atoms with van der Waals surface area (Å²) in [6.07, 6.45) is 1.56. The van der Waals surface area contributed by atoms with E-state index >= 15 is 0 Å². The van der Waals surface area contributed by atoms with Gasteiger partial charge in [-0.15, -0.1) is 0 Å². The fourth-order valence-corrected chi connectivity index (χ4v) is 3.72. The number of fused-ring (bicyclic) bond motifs is 1. The number of phenolic OH excluding ortho intramolecular Hbond substituents is 3. The van der Waals surface area contributed by atoms with Gasteiger partial charge in [-0.2, -0.15) is 0 Å². The van der Waals surface area contributed by atoms with E-state index in [2.05, 4.69) is 0 Å². The van der Waals surface area contributed by atoms with Gasteiger partial charge < -0.3 is 20.1 Å². The molecule has 0 radical (unpaired) electrons. The van der Waals surface area contributed by atoms with Gasteiger partial charge in [-0.1, -0.05) is 24.3 Å². The van der Waals surface area contributed by atoms with E-state index in [0.717, 1.165) is 22.3 Å². The van der Waals surface area contributed by atoms with Crippen molar-refractivity contribution in [1.29, 1.82) is 0 Å². The second kappa shape index (κ2) is 7.27. The summed E-state index contributed by atoms with van der Waals surface area (Å²) in [5.74, 6) is 0.278. The van der Waals surface area contributed by atoms with Crippen LogP contribution >= 0.6 is 0 Å². The SMILES string of the molecule is O=C1CC(c2ccc(O)cc2)c2c(CCc3ccc(O)cc3)cc(O)cc2O1. The minimum atomic E-state index is -0.347. The molecule has 0 fully saturated rings. The molecule has 0 saturated carbocycles. The lowest BCUT2D eigenvalue weighted by Gasteiger charge is -2.28. The van der Waals surface area contributed by atoms with Crippen LogP contribution in [0.4, 0.5) is 0 Å². The van der Waals surface area contributed by atoms with Gasteiger partial charge in [0.25, 0.3) is 0 Å². The third-order valence-corrected chi connectivity index (χ3v) is 5.07. The van der Waals surface area contributed by atoms with E-state index in [9.17, 15) is 20.1 Å². The van der Waals surface area contributed by atoms with Gasteiger partial charge in [0.05, 0.1) is 6.42 Å². The molecule has 1 unspecified atom stereocenters. The molecule has 1 heterocycles. The highest BCUT2D eigenvalue weighted by Crippen LogP contribution is 2.43. The summed E-state index contributed by atoms with van der Waals surface area (Å²) in [7, 11) is 0. The maximum absolute atomic E-state index is 12.1. The standard InChI is InChI=1S/C23H20O5/c24-17-7-2-14(3-8-17)1-4-16-11-19(26)12-21-23(16)20(13-22(27)28-21)15-5-9-18(25)10-6-15/h2-3,5-12,20,24-26H,1,4,13H2. The quantitative estimate of drug-likeness (QED) is 0.473. The second-order valence-corrected chi connectivity index (χ2v) is 7.01. The third-order valence-electron chi connectivity index (χ3n) is 5.07. The predicted octanol–water partition coefficient (Wildman–Crippen LogP) is 4.03. The molecule has 1 atom stereocenters. The summed E-state index contributed by atoms with van der Waals surface area (Å²) in [4.78, 5) is 12.1. The topological polar surface area (TPSA) is 87.0 Å². The normalized spacial score (nSPS) is 15.7. The summed E-state index contributed by atoms with van der Waals surface area (Å²) < 4.78 is 5.42. The van der Waals surface area contributed by atoms with Crippen molar-refractivity contribution in [3.05, 3.63) is 82.9 Å². The van der Waals surface area contributed by atoms with E-state index in [0.29, 0.717) is 18.6 Å². The van der Waals surface area contributed by atoms with Crippen LogP contribution < -0.4 is 4.74 Å². The maximum atomic E-state index is 12.1. The van der Waals surface area contributed by atoms with Gasteiger partial charge in [0.2, 0.25) is 0 Å². The Balaban J connectivity index is 1.72. The van der Waals surface area contributed by atoms with Crippen LogP contribution in [0.5, 0.6) is 23.0 Å². The average molecular weight is 376 g/mol. The predicted molar refractivity (Wildman–Crippen MR) is 104 cm³/mol. The van der Waals surface area contributed by atoms with Gasteiger partial charge in [0, 0.05) is 17.5 Å². The fourth-order valence-electron chi connectivity index (χ4n) is 3.72. The summed E-state index contributed by atoms with van der Waals surface area (Å²) >= 11 is 0. The Morgan fingerprint density at radius 2 is 1.46 bits per heavy atom. The van der Waals surface area contributed by atoms with E-state index in [1.165, 1.54) is 6.07 Å². The van der Waals surface area contributed by atoms with E-state index in [1.807, 2.05) is 12.1 Å². The molecule has 28 heavy (non-hydrogen) atoms. The van der Waals surface area contributed by atoms with Gasteiger partial charge in [-0.05, 0) is 59.9 Å². The Hall–Kier alpha value is -3.47. The van der Waals surface area contributed by atoms with Crippen molar-refractivity contribution < 1.29 is 24.9 Å². The highest BCUT2D eigenvalue weighted by molar-refractivity contribution is 5.78. The second-order valence-electron chi connectivity index (χ2n) is 7.01. The first-order valence-electron chi connectivity index (χ1n) is 9.13. The van der Waals surface area contributed by atoms with Gasteiger partial charge in [-0.25, -0.2) is 0 Å². The molecule has 3 N–H and O–H groups in total. The zero-order valence-electron chi connectivity index (χ0n) is 15.1. The number of aromatic hydroxyl groups is 3. The van der Waals surface area contributed by atoms with E-state index in [-0.39, 0.29) is 35.6 Å². The van der Waals surface area contributed by atoms with Gasteiger partial charge >= 0.3 is 5.97 Å². The summed E-state index contributed by atoms with van der Waals surface area (Å²) in [6.45, 7) is 0. The number of rotatable bonds is 4. The highest BCUT2D eigenvalue weighted by atomic mass is 16.5. The Bertz CT molecular complexity index is 1010.